The predicted octanol–water partition coefficient (Wildman–Crippen LogP) is 2.27. The number of hydrogen-bond donors (Lipinski definition) is 1. The normalized spacial score (nSPS) is 22.9. The van der Waals surface area contributed by atoms with Gasteiger partial charge in [0.05, 0.1) is 5.71 Å². The third-order valence-electron chi connectivity index (χ3n) is 5.34. The lowest BCUT2D eigenvalue weighted by atomic mass is 9.90. The number of rotatable bonds is 6. The van der Waals surface area contributed by atoms with Crippen LogP contribution in [0.5, 0.6) is 0 Å². The van der Waals surface area contributed by atoms with Crippen molar-refractivity contribution in [2.45, 2.75) is 58.1 Å². The molecule has 7 heteroatoms. The van der Waals surface area contributed by atoms with E-state index in [0.717, 1.165) is 43.6 Å². The van der Waals surface area contributed by atoms with Gasteiger partial charge in [-0.05, 0) is 50.7 Å². The third-order valence-corrected chi connectivity index (χ3v) is 5.34. The Hall–Kier alpha value is -2.44. The van der Waals surface area contributed by atoms with Crippen molar-refractivity contribution in [2.24, 2.45) is 11.1 Å². The number of likely N-dealkylation sites (tertiary alicyclic amines) is 1. The fourth-order valence-electron chi connectivity index (χ4n) is 3.73. The van der Waals surface area contributed by atoms with E-state index in [1.807, 2.05) is 30.9 Å². The number of carbonyl (C=O) groups excluding carboxylic acids is 2. The molecule has 3 heterocycles. The number of aromatic nitrogens is 1. The summed E-state index contributed by atoms with van der Waals surface area (Å²) >= 11 is 0. The van der Waals surface area contributed by atoms with Gasteiger partial charge in [-0.1, -0.05) is 11.2 Å². The van der Waals surface area contributed by atoms with Gasteiger partial charge in [0.1, 0.15) is 0 Å². The van der Waals surface area contributed by atoms with Crippen molar-refractivity contribution in [3.8, 4) is 0 Å². The van der Waals surface area contributed by atoms with Gasteiger partial charge in [0.25, 0.3) is 5.91 Å². The second-order valence-corrected chi connectivity index (χ2v) is 7.74. The summed E-state index contributed by atoms with van der Waals surface area (Å²) < 4.78 is 0. The molecule has 3 rings (SSSR count). The van der Waals surface area contributed by atoms with Gasteiger partial charge < -0.3 is 15.1 Å². The van der Waals surface area contributed by atoms with Gasteiger partial charge in [-0.2, -0.15) is 0 Å². The summed E-state index contributed by atoms with van der Waals surface area (Å²) in [6, 6.07) is 3.81. The summed E-state index contributed by atoms with van der Waals surface area (Å²) in [6.07, 6.45) is 7.27. The van der Waals surface area contributed by atoms with Crippen LogP contribution in [-0.4, -0.2) is 46.1 Å². The first kappa shape index (κ1) is 19.3. The first-order chi connectivity index (χ1) is 13.0. The molecular weight excluding hydrogens is 344 g/mol. The van der Waals surface area contributed by atoms with E-state index in [2.05, 4.69) is 15.5 Å². The van der Waals surface area contributed by atoms with E-state index in [9.17, 15) is 9.59 Å². The lowest BCUT2D eigenvalue weighted by Gasteiger charge is -2.35. The smallest absolute Gasteiger partial charge is 0.269 e. The molecule has 2 aliphatic rings. The minimum atomic E-state index is -0.844. The summed E-state index contributed by atoms with van der Waals surface area (Å²) in [4.78, 5) is 36.1. The van der Waals surface area contributed by atoms with Gasteiger partial charge in [-0.25, -0.2) is 0 Å². The van der Waals surface area contributed by atoms with Crippen LogP contribution in [-0.2, 0) is 21.0 Å². The van der Waals surface area contributed by atoms with E-state index in [0.29, 0.717) is 25.3 Å². The number of piperidine rings is 1. The number of carbonyl (C=O) groups is 2. The van der Waals surface area contributed by atoms with Crippen molar-refractivity contribution in [3.63, 3.8) is 0 Å². The van der Waals surface area contributed by atoms with Gasteiger partial charge in [0, 0.05) is 44.9 Å². The van der Waals surface area contributed by atoms with E-state index < -0.39 is 5.60 Å². The molecule has 1 N–H and O–H groups in total. The van der Waals surface area contributed by atoms with Crippen LogP contribution in [0, 0.1) is 5.92 Å². The zero-order valence-electron chi connectivity index (χ0n) is 16.1. The minimum Gasteiger partial charge on any atom is -0.379 e. The molecule has 0 aromatic carbocycles. The number of pyridine rings is 1. The molecule has 0 saturated carbocycles. The van der Waals surface area contributed by atoms with Gasteiger partial charge in [0.15, 0.2) is 0 Å². The van der Waals surface area contributed by atoms with Crippen molar-refractivity contribution in [1.82, 2.24) is 15.2 Å². The third kappa shape index (κ3) is 5.05. The van der Waals surface area contributed by atoms with Crippen LogP contribution < -0.4 is 5.32 Å². The maximum Gasteiger partial charge on any atom is 0.269 e. The molecule has 0 spiro atoms. The van der Waals surface area contributed by atoms with E-state index in [4.69, 9.17) is 4.84 Å². The molecule has 0 aliphatic carbocycles. The quantitative estimate of drug-likeness (QED) is 0.830. The molecule has 146 valence electrons. The molecule has 7 nitrogen and oxygen atoms in total. The zero-order valence-corrected chi connectivity index (χ0v) is 16.1. The predicted molar refractivity (Wildman–Crippen MR) is 102 cm³/mol. The molecule has 2 amide bonds. The summed E-state index contributed by atoms with van der Waals surface area (Å²) in [5.74, 6) is 0.570. The van der Waals surface area contributed by atoms with Crippen molar-refractivity contribution in [3.05, 3.63) is 30.1 Å². The van der Waals surface area contributed by atoms with Crippen LogP contribution in [0.4, 0.5) is 0 Å². The first-order valence-corrected chi connectivity index (χ1v) is 9.63. The molecule has 1 fully saturated rings. The molecule has 1 atom stereocenters. The Kier molecular flexibility index (Phi) is 6.08. The lowest BCUT2D eigenvalue weighted by Crippen LogP contribution is -2.50. The highest BCUT2D eigenvalue weighted by atomic mass is 16.7. The van der Waals surface area contributed by atoms with Gasteiger partial charge in [-0.3, -0.25) is 14.6 Å². The number of oxime groups is 1. The highest BCUT2D eigenvalue weighted by Gasteiger charge is 2.43. The fraction of sp³-hybridized carbons (Fsp3) is 0.600. The summed E-state index contributed by atoms with van der Waals surface area (Å²) in [7, 11) is 0. The first-order valence-electron chi connectivity index (χ1n) is 9.63. The largest absolute Gasteiger partial charge is 0.379 e. The minimum absolute atomic E-state index is 0.0239. The molecule has 0 bridgehead atoms. The van der Waals surface area contributed by atoms with Gasteiger partial charge >= 0.3 is 0 Å². The van der Waals surface area contributed by atoms with Gasteiger partial charge in [0.2, 0.25) is 11.5 Å². The average molecular weight is 372 g/mol. The molecule has 1 aromatic rings. The van der Waals surface area contributed by atoms with Crippen LogP contribution in [0.1, 0.15) is 51.5 Å². The van der Waals surface area contributed by atoms with Crippen molar-refractivity contribution in [2.75, 3.05) is 13.1 Å². The van der Waals surface area contributed by atoms with Crippen LogP contribution in [0.15, 0.2) is 29.7 Å². The molecule has 0 unspecified atom stereocenters. The van der Waals surface area contributed by atoms with E-state index in [-0.39, 0.29) is 11.8 Å². The Balaban J connectivity index is 1.36. The summed E-state index contributed by atoms with van der Waals surface area (Å²) in [6.45, 7) is 5.65. The highest BCUT2D eigenvalue weighted by molar-refractivity contribution is 5.94. The average Bonchev–Trinajstić information content (AvgIpc) is 3.05. The maximum absolute atomic E-state index is 12.7. The van der Waals surface area contributed by atoms with Gasteiger partial charge in [-0.15, -0.1) is 0 Å². The SMILES string of the molecule is CC1=NO[C@](C)(C(=O)N2CCC(CCC(=O)NCc3cccnc3)CC2)C1. The molecular formula is C20H28N4O3. The van der Waals surface area contributed by atoms with Crippen LogP contribution in [0.25, 0.3) is 0 Å². The molecule has 27 heavy (non-hydrogen) atoms. The Morgan fingerprint density at radius 2 is 2.15 bits per heavy atom. The zero-order chi connectivity index (χ0) is 19.3. The molecule has 1 saturated heterocycles. The summed E-state index contributed by atoms with van der Waals surface area (Å²) in [5, 5.41) is 6.87. The van der Waals surface area contributed by atoms with E-state index in [1.165, 1.54) is 0 Å². The Morgan fingerprint density at radius 3 is 2.78 bits per heavy atom. The van der Waals surface area contributed by atoms with E-state index >= 15 is 0 Å². The second-order valence-electron chi connectivity index (χ2n) is 7.74. The summed E-state index contributed by atoms with van der Waals surface area (Å²) in [5.41, 5.74) is 1.01. The topological polar surface area (TPSA) is 83.9 Å². The van der Waals surface area contributed by atoms with E-state index in [1.54, 1.807) is 12.4 Å². The Morgan fingerprint density at radius 1 is 1.37 bits per heavy atom. The number of nitrogens with zero attached hydrogens (tertiary/aromatic N) is 3. The van der Waals surface area contributed by atoms with Crippen LogP contribution in [0.3, 0.4) is 0 Å². The van der Waals surface area contributed by atoms with Crippen molar-refractivity contribution < 1.29 is 14.4 Å². The fourth-order valence-corrected chi connectivity index (χ4v) is 3.73. The maximum atomic E-state index is 12.7. The van der Waals surface area contributed by atoms with Crippen molar-refractivity contribution in [1.29, 1.82) is 0 Å². The Bertz CT molecular complexity index is 698. The monoisotopic (exact) mass is 372 g/mol. The van der Waals surface area contributed by atoms with Crippen molar-refractivity contribution >= 4 is 17.5 Å². The van der Waals surface area contributed by atoms with Crippen LogP contribution in [0.2, 0.25) is 0 Å². The number of amides is 2. The lowest BCUT2D eigenvalue weighted by molar-refractivity contribution is -0.154. The number of hydrogen-bond acceptors (Lipinski definition) is 5. The molecule has 0 radical (unpaired) electrons. The molecule has 2 aliphatic heterocycles. The second kappa shape index (κ2) is 8.50. The molecule has 1 aromatic heterocycles. The standard InChI is InChI=1S/C20H28N4O3/c1-15-12-20(2,27-23-15)19(26)24-10-7-16(8-11-24)5-6-18(25)22-14-17-4-3-9-21-13-17/h3-4,9,13,16H,5-8,10-12,14H2,1-2H3,(H,22,25)/t20-/m0/s1. The number of nitrogens with one attached hydrogen (secondary N) is 1. The highest BCUT2D eigenvalue weighted by Crippen LogP contribution is 2.29. The van der Waals surface area contributed by atoms with Crippen LogP contribution >= 0.6 is 0 Å². The Labute approximate surface area is 160 Å².